The highest BCUT2D eigenvalue weighted by atomic mass is 79.9. The predicted molar refractivity (Wildman–Crippen MR) is 65.3 cm³/mol. The van der Waals surface area contributed by atoms with Gasteiger partial charge in [-0.2, -0.15) is 0 Å². The van der Waals surface area contributed by atoms with Gasteiger partial charge in [-0.3, -0.25) is 0 Å². The molecule has 0 fully saturated rings. The van der Waals surface area contributed by atoms with E-state index in [1.165, 1.54) is 6.07 Å². The molecule has 0 saturated heterocycles. The molecule has 1 aromatic carbocycles. The minimum Gasteiger partial charge on any atom is -0.328 e. The lowest BCUT2D eigenvalue weighted by Crippen LogP contribution is -2.20. The maximum Gasteiger partial charge on any atom is 0.137 e. The highest BCUT2D eigenvalue weighted by molar-refractivity contribution is 9.10. The lowest BCUT2D eigenvalue weighted by atomic mass is 10.0. The lowest BCUT2D eigenvalue weighted by Gasteiger charge is -2.11. The third kappa shape index (κ3) is 3.92. The highest BCUT2D eigenvalue weighted by Crippen LogP contribution is 2.22. The first-order chi connectivity index (χ1) is 7.15. The van der Waals surface area contributed by atoms with Crippen LogP contribution < -0.4 is 5.73 Å². The van der Waals surface area contributed by atoms with E-state index in [-0.39, 0.29) is 11.9 Å². The van der Waals surface area contributed by atoms with Crippen molar-refractivity contribution < 1.29 is 4.39 Å². The van der Waals surface area contributed by atoms with Gasteiger partial charge in [-0.1, -0.05) is 25.5 Å². The van der Waals surface area contributed by atoms with E-state index < -0.39 is 0 Å². The molecule has 2 N–H and O–H groups in total. The SMILES string of the molecule is CCCC(N)CCc1cccc(F)c1Br. The van der Waals surface area contributed by atoms with Crippen LogP contribution in [-0.2, 0) is 6.42 Å². The van der Waals surface area contributed by atoms with Crippen molar-refractivity contribution >= 4 is 15.9 Å². The summed E-state index contributed by atoms with van der Waals surface area (Å²) in [5, 5.41) is 0. The van der Waals surface area contributed by atoms with Crippen LogP contribution in [0.25, 0.3) is 0 Å². The minimum atomic E-state index is -0.198. The van der Waals surface area contributed by atoms with Crippen LogP contribution in [-0.4, -0.2) is 6.04 Å². The standard InChI is InChI=1S/C12H17BrFN/c1-2-4-10(15)8-7-9-5-3-6-11(14)12(9)13/h3,5-6,10H,2,4,7-8,15H2,1H3. The van der Waals surface area contributed by atoms with Crippen LogP contribution >= 0.6 is 15.9 Å². The zero-order valence-electron chi connectivity index (χ0n) is 8.97. The molecule has 0 saturated carbocycles. The number of aryl methyl sites for hydroxylation is 1. The molecule has 0 spiro atoms. The molecule has 1 nitrogen and oxygen atoms in total. The Balaban J connectivity index is 2.54. The Morgan fingerprint density at radius 3 is 2.80 bits per heavy atom. The number of benzene rings is 1. The first kappa shape index (κ1) is 12.7. The summed E-state index contributed by atoms with van der Waals surface area (Å²) in [5.74, 6) is -0.198. The van der Waals surface area contributed by atoms with Crippen molar-refractivity contribution in [3.05, 3.63) is 34.1 Å². The van der Waals surface area contributed by atoms with Crippen LogP contribution in [0.3, 0.4) is 0 Å². The van der Waals surface area contributed by atoms with Gasteiger partial charge in [-0.25, -0.2) is 4.39 Å². The van der Waals surface area contributed by atoms with Crippen LogP contribution in [0.1, 0.15) is 31.7 Å². The van der Waals surface area contributed by atoms with Crippen molar-refractivity contribution in [2.45, 2.75) is 38.6 Å². The number of nitrogens with two attached hydrogens (primary N) is 1. The molecule has 1 aromatic rings. The van der Waals surface area contributed by atoms with Crippen molar-refractivity contribution in [3.8, 4) is 0 Å². The van der Waals surface area contributed by atoms with Gasteiger partial charge < -0.3 is 5.73 Å². The molecule has 0 aliphatic rings. The van der Waals surface area contributed by atoms with Gasteiger partial charge in [0.25, 0.3) is 0 Å². The Labute approximate surface area is 99.0 Å². The predicted octanol–water partition coefficient (Wildman–Crippen LogP) is 3.65. The van der Waals surface area contributed by atoms with Gasteiger partial charge in [0, 0.05) is 6.04 Å². The van der Waals surface area contributed by atoms with Gasteiger partial charge in [0.15, 0.2) is 0 Å². The van der Waals surface area contributed by atoms with Crippen LogP contribution in [0, 0.1) is 5.82 Å². The summed E-state index contributed by atoms with van der Waals surface area (Å²) in [7, 11) is 0. The second kappa shape index (κ2) is 6.23. The summed E-state index contributed by atoms with van der Waals surface area (Å²) in [5.41, 5.74) is 6.91. The number of hydrogen-bond acceptors (Lipinski definition) is 1. The van der Waals surface area contributed by atoms with E-state index >= 15 is 0 Å². The minimum absolute atomic E-state index is 0.198. The van der Waals surface area contributed by atoms with Crippen LogP contribution in [0.15, 0.2) is 22.7 Å². The first-order valence-corrected chi connectivity index (χ1v) is 6.13. The summed E-state index contributed by atoms with van der Waals surface area (Å²) in [6.45, 7) is 2.12. The first-order valence-electron chi connectivity index (χ1n) is 5.33. The fraction of sp³-hybridized carbons (Fsp3) is 0.500. The highest BCUT2D eigenvalue weighted by Gasteiger charge is 2.07. The van der Waals surface area contributed by atoms with Crippen molar-refractivity contribution in [2.24, 2.45) is 5.73 Å². The number of hydrogen-bond donors (Lipinski definition) is 1. The van der Waals surface area contributed by atoms with Gasteiger partial charge in [0.1, 0.15) is 5.82 Å². The molecule has 0 bridgehead atoms. The summed E-state index contributed by atoms with van der Waals surface area (Å²) in [6.07, 6.45) is 3.88. The van der Waals surface area contributed by atoms with Gasteiger partial charge in [-0.05, 0) is 46.8 Å². The van der Waals surface area contributed by atoms with E-state index in [9.17, 15) is 4.39 Å². The summed E-state index contributed by atoms with van der Waals surface area (Å²) < 4.78 is 13.8. The van der Waals surface area contributed by atoms with Crippen LogP contribution in [0.4, 0.5) is 4.39 Å². The second-order valence-corrected chi connectivity index (χ2v) is 4.59. The zero-order chi connectivity index (χ0) is 11.3. The Hall–Kier alpha value is -0.410. The molecule has 0 aromatic heterocycles. The molecule has 84 valence electrons. The topological polar surface area (TPSA) is 26.0 Å². The molecule has 15 heavy (non-hydrogen) atoms. The second-order valence-electron chi connectivity index (χ2n) is 3.80. The Morgan fingerprint density at radius 2 is 2.13 bits per heavy atom. The van der Waals surface area contributed by atoms with Gasteiger partial charge >= 0.3 is 0 Å². The molecule has 3 heteroatoms. The molecule has 0 heterocycles. The number of rotatable bonds is 5. The van der Waals surface area contributed by atoms with Crippen LogP contribution in [0.5, 0.6) is 0 Å². The van der Waals surface area contributed by atoms with E-state index in [2.05, 4.69) is 22.9 Å². The third-order valence-electron chi connectivity index (χ3n) is 2.48. The summed E-state index contributed by atoms with van der Waals surface area (Å²) in [6, 6.07) is 5.36. The maximum absolute atomic E-state index is 13.2. The lowest BCUT2D eigenvalue weighted by molar-refractivity contribution is 0.557. The molecule has 0 aliphatic carbocycles. The molecule has 0 radical (unpaired) electrons. The fourth-order valence-electron chi connectivity index (χ4n) is 1.60. The Morgan fingerprint density at radius 1 is 1.40 bits per heavy atom. The summed E-state index contributed by atoms with van der Waals surface area (Å²) in [4.78, 5) is 0. The smallest absolute Gasteiger partial charge is 0.137 e. The monoisotopic (exact) mass is 273 g/mol. The molecular formula is C12H17BrFN. The Bertz CT molecular complexity index is 314. The average molecular weight is 274 g/mol. The molecule has 0 amide bonds. The van der Waals surface area contributed by atoms with Crippen molar-refractivity contribution in [1.29, 1.82) is 0 Å². The zero-order valence-corrected chi connectivity index (χ0v) is 10.6. The molecule has 1 rings (SSSR count). The molecular weight excluding hydrogens is 257 g/mol. The van der Waals surface area contributed by atoms with Gasteiger partial charge in [-0.15, -0.1) is 0 Å². The molecule has 0 aliphatic heterocycles. The maximum atomic E-state index is 13.2. The molecule has 1 unspecified atom stereocenters. The van der Waals surface area contributed by atoms with E-state index in [4.69, 9.17) is 5.73 Å². The van der Waals surface area contributed by atoms with Gasteiger partial charge in [0.05, 0.1) is 4.47 Å². The molecule has 1 atom stereocenters. The quantitative estimate of drug-likeness (QED) is 0.871. The van der Waals surface area contributed by atoms with Crippen molar-refractivity contribution in [1.82, 2.24) is 0 Å². The average Bonchev–Trinajstić information content (AvgIpc) is 2.21. The number of halogens is 2. The van der Waals surface area contributed by atoms with Crippen molar-refractivity contribution in [3.63, 3.8) is 0 Å². The van der Waals surface area contributed by atoms with Crippen molar-refractivity contribution in [2.75, 3.05) is 0 Å². The summed E-state index contributed by atoms with van der Waals surface area (Å²) >= 11 is 3.25. The van der Waals surface area contributed by atoms with E-state index in [1.54, 1.807) is 6.07 Å². The largest absolute Gasteiger partial charge is 0.328 e. The fourth-order valence-corrected chi connectivity index (χ4v) is 2.06. The van der Waals surface area contributed by atoms with Gasteiger partial charge in [0.2, 0.25) is 0 Å². The van der Waals surface area contributed by atoms with Crippen LogP contribution in [0.2, 0.25) is 0 Å². The van der Waals surface area contributed by atoms with E-state index in [1.807, 2.05) is 6.07 Å². The third-order valence-corrected chi connectivity index (χ3v) is 3.36. The Kier molecular flexibility index (Phi) is 5.26. The van der Waals surface area contributed by atoms with E-state index in [0.717, 1.165) is 31.2 Å². The normalized spacial score (nSPS) is 12.8. The van der Waals surface area contributed by atoms with E-state index in [0.29, 0.717) is 4.47 Å².